The zero-order valence-electron chi connectivity index (χ0n) is 18.2. The van der Waals surface area contributed by atoms with Gasteiger partial charge in [0.2, 0.25) is 0 Å². The van der Waals surface area contributed by atoms with Gasteiger partial charge in [0.25, 0.3) is 0 Å². The number of nitrogens with zero attached hydrogens (tertiary/aromatic N) is 1. The van der Waals surface area contributed by atoms with E-state index in [1.807, 2.05) is 34.6 Å². The standard InChI is InChI=1S/C20H30BNO6/c1-12-14(21-27-19(5,6)20(7,8)28-21)10-13(16(23)24)11-15(12)22(9)17(25)26-18(2,3)4/h10-11H,1-9H3,(H,23,24). The quantitative estimate of drug-likeness (QED) is 0.796. The largest absolute Gasteiger partial charge is 0.495 e. The molecular formula is C20H30BNO6. The number of aromatic carboxylic acids is 1. The van der Waals surface area contributed by atoms with Crippen molar-refractivity contribution in [1.29, 1.82) is 0 Å². The van der Waals surface area contributed by atoms with Crippen LogP contribution in [0.4, 0.5) is 10.5 Å². The average Bonchev–Trinajstić information content (AvgIpc) is 2.72. The average molecular weight is 391 g/mol. The molecular weight excluding hydrogens is 361 g/mol. The topological polar surface area (TPSA) is 85.3 Å². The Balaban J connectivity index is 2.52. The molecule has 0 aromatic heterocycles. The number of hydrogen-bond acceptors (Lipinski definition) is 5. The monoisotopic (exact) mass is 391 g/mol. The first-order chi connectivity index (χ1) is 12.6. The minimum atomic E-state index is -1.10. The molecule has 2 rings (SSSR count). The van der Waals surface area contributed by atoms with E-state index >= 15 is 0 Å². The van der Waals surface area contributed by atoms with Crippen LogP contribution in [0.25, 0.3) is 0 Å². The van der Waals surface area contributed by atoms with Crippen LogP contribution in [0.3, 0.4) is 0 Å². The van der Waals surface area contributed by atoms with Gasteiger partial charge in [-0.25, -0.2) is 9.59 Å². The van der Waals surface area contributed by atoms with Gasteiger partial charge in [0, 0.05) is 7.05 Å². The Kier molecular flexibility index (Phi) is 5.62. The summed E-state index contributed by atoms with van der Waals surface area (Å²) in [5.41, 5.74) is -0.0697. The minimum absolute atomic E-state index is 0.0423. The van der Waals surface area contributed by atoms with Crippen LogP contribution in [-0.4, -0.2) is 48.1 Å². The third-order valence-corrected chi connectivity index (χ3v) is 5.20. The maximum Gasteiger partial charge on any atom is 0.495 e. The van der Waals surface area contributed by atoms with E-state index in [0.717, 1.165) is 0 Å². The van der Waals surface area contributed by atoms with Crippen LogP contribution in [-0.2, 0) is 14.0 Å². The lowest BCUT2D eigenvalue weighted by Gasteiger charge is -2.32. The molecule has 0 atom stereocenters. The van der Waals surface area contributed by atoms with Crippen molar-refractivity contribution in [2.45, 2.75) is 72.2 Å². The summed E-state index contributed by atoms with van der Waals surface area (Å²) in [6.07, 6.45) is -0.571. The fourth-order valence-corrected chi connectivity index (χ4v) is 2.84. The molecule has 7 nitrogen and oxygen atoms in total. The normalized spacial score (nSPS) is 18.1. The predicted molar refractivity (Wildman–Crippen MR) is 108 cm³/mol. The summed E-state index contributed by atoms with van der Waals surface area (Å²) in [5, 5.41) is 9.56. The number of carboxylic acids is 1. The summed E-state index contributed by atoms with van der Waals surface area (Å²) in [7, 11) is 0.811. The summed E-state index contributed by atoms with van der Waals surface area (Å²) >= 11 is 0. The summed E-state index contributed by atoms with van der Waals surface area (Å²) in [6.45, 7) is 14.8. The van der Waals surface area contributed by atoms with E-state index in [2.05, 4.69) is 0 Å². The highest BCUT2D eigenvalue weighted by molar-refractivity contribution is 6.63. The first-order valence-corrected chi connectivity index (χ1v) is 9.26. The number of ether oxygens (including phenoxy) is 1. The molecule has 1 aromatic rings. The van der Waals surface area contributed by atoms with Gasteiger partial charge in [0.1, 0.15) is 5.60 Å². The summed E-state index contributed by atoms with van der Waals surface area (Å²) < 4.78 is 17.6. The van der Waals surface area contributed by atoms with Gasteiger partial charge in [-0.15, -0.1) is 0 Å². The SMILES string of the molecule is Cc1c(B2OC(C)(C)C(C)(C)O2)cc(C(=O)O)cc1N(C)C(=O)OC(C)(C)C. The molecule has 1 aliphatic heterocycles. The van der Waals surface area contributed by atoms with Gasteiger partial charge in [-0.1, -0.05) is 0 Å². The van der Waals surface area contributed by atoms with Crippen LogP contribution < -0.4 is 10.4 Å². The number of carboxylic acid groups (broad SMARTS) is 1. The molecule has 154 valence electrons. The first-order valence-electron chi connectivity index (χ1n) is 9.26. The van der Waals surface area contributed by atoms with Crippen LogP contribution in [0, 0.1) is 6.92 Å². The van der Waals surface area contributed by atoms with Crippen molar-refractivity contribution in [3.63, 3.8) is 0 Å². The molecule has 0 bridgehead atoms. The Labute approximate surface area is 167 Å². The summed E-state index contributed by atoms with van der Waals surface area (Å²) in [5.74, 6) is -1.10. The lowest BCUT2D eigenvalue weighted by Crippen LogP contribution is -2.41. The molecule has 1 heterocycles. The van der Waals surface area contributed by atoms with Gasteiger partial charge in [0.05, 0.1) is 22.5 Å². The Morgan fingerprint density at radius 1 is 1.11 bits per heavy atom. The van der Waals surface area contributed by atoms with E-state index in [9.17, 15) is 14.7 Å². The number of hydrogen-bond donors (Lipinski definition) is 1. The second-order valence-electron chi connectivity index (χ2n) is 9.14. The Morgan fingerprint density at radius 3 is 2.04 bits per heavy atom. The van der Waals surface area contributed by atoms with Gasteiger partial charge < -0.3 is 19.2 Å². The maximum absolute atomic E-state index is 12.5. The van der Waals surface area contributed by atoms with Crippen molar-refractivity contribution in [3.8, 4) is 0 Å². The Bertz CT molecular complexity index is 781. The predicted octanol–water partition coefficient (Wildman–Crippen LogP) is 3.36. The second kappa shape index (κ2) is 7.08. The molecule has 0 spiro atoms. The van der Waals surface area contributed by atoms with Gasteiger partial charge in [-0.05, 0) is 78.5 Å². The van der Waals surface area contributed by atoms with Crippen LogP contribution in [0.15, 0.2) is 12.1 Å². The molecule has 1 N–H and O–H groups in total. The smallest absolute Gasteiger partial charge is 0.478 e. The van der Waals surface area contributed by atoms with Crippen molar-refractivity contribution in [1.82, 2.24) is 0 Å². The van der Waals surface area contributed by atoms with Crippen LogP contribution in [0.1, 0.15) is 64.4 Å². The van der Waals surface area contributed by atoms with Gasteiger partial charge in [-0.2, -0.15) is 0 Å². The highest BCUT2D eigenvalue weighted by atomic mass is 16.7. The zero-order chi connectivity index (χ0) is 21.7. The molecule has 0 saturated carbocycles. The highest BCUT2D eigenvalue weighted by Crippen LogP contribution is 2.37. The molecule has 0 aliphatic carbocycles. The molecule has 1 aromatic carbocycles. The molecule has 28 heavy (non-hydrogen) atoms. The van der Waals surface area contributed by atoms with Crippen LogP contribution in [0.2, 0.25) is 0 Å². The van der Waals surface area contributed by atoms with Crippen molar-refractivity contribution < 1.29 is 28.7 Å². The van der Waals surface area contributed by atoms with E-state index in [0.29, 0.717) is 16.7 Å². The molecule has 1 amide bonds. The van der Waals surface area contributed by atoms with Crippen molar-refractivity contribution in [2.24, 2.45) is 0 Å². The van der Waals surface area contributed by atoms with Gasteiger partial charge in [-0.3, -0.25) is 4.90 Å². The highest BCUT2D eigenvalue weighted by Gasteiger charge is 2.52. The maximum atomic E-state index is 12.5. The van der Waals surface area contributed by atoms with E-state index < -0.39 is 36.0 Å². The molecule has 1 aliphatic rings. The Hall–Kier alpha value is -2.06. The fourth-order valence-electron chi connectivity index (χ4n) is 2.84. The van der Waals surface area contributed by atoms with Crippen molar-refractivity contribution >= 4 is 30.3 Å². The molecule has 1 fully saturated rings. The molecule has 0 unspecified atom stereocenters. The lowest BCUT2D eigenvalue weighted by atomic mass is 9.75. The number of carbonyl (C=O) groups excluding carboxylic acids is 1. The third kappa shape index (κ3) is 4.33. The lowest BCUT2D eigenvalue weighted by molar-refractivity contribution is 0.00578. The third-order valence-electron chi connectivity index (χ3n) is 5.20. The second-order valence-corrected chi connectivity index (χ2v) is 9.14. The fraction of sp³-hybridized carbons (Fsp3) is 0.600. The van der Waals surface area contributed by atoms with Crippen LogP contribution in [0.5, 0.6) is 0 Å². The van der Waals surface area contributed by atoms with E-state index in [-0.39, 0.29) is 5.56 Å². The van der Waals surface area contributed by atoms with E-state index in [1.54, 1.807) is 27.8 Å². The van der Waals surface area contributed by atoms with Gasteiger partial charge in [0.15, 0.2) is 0 Å². The van der Waals surface area contributed by atoms with E-state index in [4.69, 9.17) is 14.0 Å². The Morgan fingerprint density at radius 2 is 1.61 bits per heavy atom. The first kappa shape index (κ1) is 22.2. The van der Waals surface area contributed by atoms with Crippen LogP contribution >= 0.6 is 0 Å². The molecule has 1 saturated heterocycles. The number of anilines is 1. The number of benzene rings is 1. The number of carbonyl (C=O) groups is 2. The van der Waals surface area contributed by atoms with Crippen molar-refractivity contribution in [2.75, 3.05) is 11.9 Å². The number of amides is 1. The van der Waals surface area contributed by atoms with Crippen molar-refractivity contribution in [3.05, 3.63) is 23.3 Å². The van der Waals surface area contributed by atoms with E-state index in [1.165, 1.54) is 17.0 Å². The zero-order valence-corrected chi connectivity index (χ0v) is 18.2. The summed E-state index contributed by atoms with van der Waals surface area (Å²) in [4.78, 5) is 25.5. The molecule has 8 heteroatoms. The summed E-state index contributed by atoms with van der Waals surface area (Å²) in [6, 6.07) is 2.99. The minimum Gasteiger partial charge on any atom is -0.478 e. The van der Waals surface area contributed by atoms with Gasteiger partial charge >= 0.3 is 19.2 Å². The molecule has 0 radical (unpaired) electrons. The number of rotatable bonds is 3.